The molecule has 9 heteroatoms. The molecule has 0 unspecified atom stereocenters. The Balaban J connectivity index is 2.03. The number of anilines is 1. The fourth-order valence-electron chi connectivity index (χ4n) is 4.26. The van der Waals surface area contributed by atoms with Crippen LogP contribution < -0.4 is 14.4 Å². The standard InChI is InChI=1S/C31H39N3O5S/c1-6-24(3)32-31(36)25(4)33(20-19-26-13-9-7-10-14-26)30(35)22-34(28-21-23(2)17-18-29(28)39-5)40(37,38)27-15-11-8-12-16-27/h7-18,21,24-25H,6,19-20,22H2,1-5H3,(H,32,36)/t24-,25+/m1/s1. The number of carbonyl (C=O) groups excluding carboxylic acids is 2. The van der Waals surface area contributed by atoms with Crippen molar-refractivity contribution in [1.29, 1.82) is 0 Å². The van der Waals surface area contributed by atoms with Gasteiger partial charge in [-0.3, -0.25) is 13.9 Å². The Bertz CT molecular complexity index is 1380. The van der Waals surface area contributed by atoms with Crippen LogP contribution in [0.2, 0.25) is 0 Å². The van der Waals surface area contributed by atoms with Crippen LogP contribution in [0.15, 0.2) is 83.8 Å². The number of methoxy groups -OCH3 is 1. The largest absolute Gasteiger partial charge is 0.495 e. The summed E-state index contributed by atoms with van der Waals surface area (Å²) in [4.78, 5) is 28.6. The number of hydrogen-bond acceptors (Lipinski definition) is 5. The second-order valence-corrected chi connectivity index (χ2v) is 11.7. The molecule has 0 aromatic heterocycles. The summed E-state index contributed by atoms with van der Waals surface area (Å²) in [6.07, 6.45) is 1.25. The van der Waals surface area contributed by atoms with E-state index < -0.39 is 28.5 Å². The zero-order chi connectivity index (χ0) is 29.3. The fraction of sp³-hybridized carbons (Fsp3) is 0.355. The Labute approximate surface area is 238 Å². The van der Waals surface area contributed by atoms with Gasteiger partial charge in [0.05, 0.1) is 17.7 Å². The van der Waals surface area contributed by atoms with Gasteiger partial charge in [-0.1, -0.05) is 61.5 Å². The van der Waals surface area contributed by atoms with E-state index in [2.05, 4.69) is 5.32 Å². The van der Waals surface area contributed by atoms with Gasteiger partial charge in [0, 0.05) is 12.6 Å². The molecule has 0 saturated heterocycles. The van der Waals surface area contributed by atoms with Crippen LogP contribution in [-0.4, -0.2) is 57.4 Å². The molecule has 0 aliphatic rings. The molecule has 0 spiro atoms. The topological polar surface area (TPSA) is 96.0 Å². The van der Waals surface area contributed by atoms with Crippen molar-refractivity contribution >= 4 is 27.5 Å². The van der Waals surface area contributed by atoms with E-state index in [0.29, 0.717) is 12.2 Å². The third kappa shape index (κ3) is 7.63. The van der Waals surface area contributed by atoms with E-state index in [1.807, 2.05) is 57.2 Å². The van der Waals surface area contributed by atoms with Crippen molar-refractivity contribution < 1.29 is 22.7 Å². The smallest absolute Gasteiger partial charge is 0.264 e. The maximum absolute atomic E-state index is 14.0. The highest BCUT2D eigenvalue weighted by molar-refractivity contribution is 7.92. The average molecular weight is 566 g/mol. The Morgan fingerprint density at radius 3 is 2.17 bits per heavy atom. The summed E-state index contributed by atoms with van der Waals surface area (Å²) in [5.41, 5.74) is 2.06. The zero-order valence-electron chi connectivity index (χ0n) is 23.8. The summed E-state index contributed by atoms with van der Waals surface area (Å²) in [6, 6.07) is 21.9. The molecule has 3 aromatic carbocycles. The predicted octanol–water partition coefficient (Wildman–Crippen LogP) is 4.57. The Hall–Kier alpha value is -3.85. The maximum Gasteiger partial charge on any atom is 0.264 e. The van der Waals surface area contributed by atoms with Gasteiger partial charge in [0.2, 0.25) is 11.8 Å². The first-order valence-corrected chi connectivity index (χ1v) is 14.9. The van der Waals surface area contributed by atoms with Gasteiger partial charge in [0.25, 0.3) is 10.0 Å². The van der Waals surface area contributed by atoms with Crippen molar-refractivity contribution in [1.82, 2.24) is 10.2 Å². The second-order valence-electron chi connectivity index (χ2n) is 9.82. The van der Waals surface area contributed by atoms with E-state index in [4.69, 9.17) is 4.74 Å². The van der Waals surface area contributed by atoms with Crippen LogP contribution in [0.5, 0.6) is 5.75 Å². The molecule has 2 atom stereocenters. The SMILES string of the molecule is CC[C@@H](C)NC(=O)[C@H](C)N(CCc1ccccc1)C(=O)CN(c1cc(C)ccc1OC)S(=O)(=O)c1ccccc1. The van der Waals surface area contributed by atoms with Crippen molar-refractivity contribution in [2.45, 2.75) is 57.5 Å². The lowest BCUT2D eigenvalue weighted by Gasteiger charge is -2.33. The van der Waals surface area contributed by atoms with E-state index in [-0.39, 0.29) is 29.1 Å². The number of sulfonamides is 1. The van der Waals surface area contributed by atoms with Crippen LogP contribution in [0.4, 0.5) is 5.69 Å². The molecular formula is C31H39N3O5S. The minimum Gasteiger partial charge on any atom is -0.495 e. The van der Waals surface area contributed by atoms with Crippen LogP contribution in [-0.2, 0) is 26.0 Å². The summed E-state index contributed by atoms with van der Waals surface area (Å²) >= 11 is 0. The normalized spacial score (nSPS) is 12.7. The highest BCUT2D eigenvalue weighted by Gasteiger charge is 2.33. The van der Waals surface area contributed by atoms with Crippen molar-refractivity contribution in [2.24, 2.45) is 0 Å². The maximum atomic E-state index is 14.0. The number of rotatable bonds is 13. The zero-order valence-corrected chi connectivity index (χ0v) is 24.6. The van der Waals surface area contributed by atoms with Crippen molar-refractivity contribution in [3.05, 3.63) is 90.0 Å². The summed E-state index contributed by atoms with van der Waals surface area (Å²) in [6.45, 7) is 7.11. The number of benzene rings is 3. The molecule has 40 heavy (non-hydrogen) atoms. The third-order valence-electron chi connectivity index (χ3n) is 6.87. The Morgan fingerprint density at radius 2 is 1.57 bits per heavy atom. The summed E-state index contributed by atoms with van der Waals surface area (Å²) in [7, 11) is -2.71. The molecule has 214 valence electrons. The third-order valence-corrected chi connectivity index (χ3v) is 8.64. The summed E-state index contributed by atoms with van der Waals surface area (Å²) in [5, 5.41) is 2.94. The number of nitrogens with zero attached hydrogens (tertiary/aromatic N) is 2. The first-order valence-electron chi connectivity index (χ1n) is 13.4. The van der Waals surface area contributed by atoms with Gasteiger partial charge in [0.15, 0.2) is 0 Å². The molecule has 0 radical (unpaired) electrons. The first-order chi connectivity index (χ1) is 19.1. The summed E-state index contributed by atoms with van der Waals surface area (Å²) in [5.74, 6) is -0.469. The Morgan fingerprint density at radius 1 is 0.950 bits per heavy atom. The van der Waals surface area contributed by atoms with Crippen LogP contribution in [0, 0.1) is 6.92 Å². The van der Waals surface area contributed by atoms with E-state index in [1.165, 1.54) is 24.1 Å². The van der Waals surface area contributed by atoms with Gasteiger partial charge >= 0.3 is 0 Å². The van der Waals surface area contributed by atoms with Gasteiger partial charge < -0.3 is 15.0 Å². The predicted molar refractivity (Wildman–Crippen MR) is 158 cm³/mol. The molecule has 3 aromatic rings. The van der Waals surface area contributed by atoms with Gasteiger partial charge in [-0.05, 0) is 69.0 Å². The minimum atomic E-state index is -4.16. The lowest BCUT2D eigenvalue weighted by atomic mass is 10.1. The number of carbonyl (C=O) groups is 2. The molecule has 0 heterocycles. The molecular weight excluding hydrogens is 526 g/mol. The van der Waals surface area contributed by atoms with Crippen LogP contribution >= 0.6 is 0 Å². The molecule has 1 N–H and O–H groups in total. The van der Waals surface area contributed by atoms with E-state index in [0.717, 1.165) is 21.9 Å². The van der Waals surface area contributed by atoms with Gasteiger partial charge in [-0.25, -0.2) is 8.42 Å². The van der Waals surface area contributed by atoms with E-state index in [1.54, 1.807) is 37.3 Å². The number of nitrogens with one attached hydrogen (secondary N) is 1. The second kappa shape index (κ2) is 14.0. The lowest BCUT2D eigenvalue weighted by Crippen LogP contribution is -2.53. The molecule has 3 rings (SSSR count). The number of hydrogen-bond donors (Lipinski definition) is 1. The molecule has 0 bridgehead atoms. The molecule has 0 fully saturated rings. The lowest BCUT2D eigenvalue weighted by molar-refractivity contribution is -0.139. The minimum absolute atomic E-state index is 0.0461. The van der Waals surface area contributed by atoms with Crippen LogP contribution in [0.25, 0.3) is 0 Å². The van der Waals surface area contributed by atoms with Crippen LogP contribution in [0.3, 0.4) is 0 Å². The molecule has 0 aliphatic carbocycles. The summed E-state index contributed by atoms with van der Waals surface area (Å²) < 4.78 is 34.5. The Kier molecular flexibility index (Phi) is 10.7. The van der Waals surface area contributed by atoms with E-state index >= 15 is 0 Å². The molecule has 8 nitrogen and oxygen atoms in total. The highest BCUT2D eigenvalue weighted by atomic mass is 32.2. The monoisotopic (exact) mass is 565 g/mol. The quantitative estimate of drug-likeness (QED) is 0.328. The number of ether oxygens (including phenoxy) is 1. The molecule has 0 aliphatic heterocycles. The number of amides is 2. The van der Waals surface area contributed by atoms with E-state index in [9.17, 15) is 18.0 Å². The van der Waals surface area contributed by atoms with Crippen molar-refractivity contribution in [3.8, 4) is 5.75 Å². The van der Waals surface area contributed by atoms with Gasteiger partial charge in [-0.15, -0.1) is 0 Å². The van der Waals surface area contributed by atoms with Gasteiger partial charge in [0.1, 0.15) is 18.3 Å². The average Bonchev–Trinajstić information content (AvgIpc) is 2.96. The molecule has 2 amide bonds. The fourth-order valence-corrected chi connectivity index (χ4v) is 5.70. The highest BCUT2D eigenvalue weighted by Crippen LogP contribution is 2.33. The first kappa shape index (κ1) is 30.7. The van der Waals surface area contributed by atoms with Crippen molar-refractivity contribution in [2.75, 3.05) is 24.5 Å². The molecule has 0 saturated carbocycles. The van der Waals surface area contributed by atoms with Gasteiger partial charge in [-0.2, -0.15) is 0 Å². The van der Waals surface area contributed by atoms with Crippen molar-refractivity contribution in [3.63, 3.8) is 0 Å². The number of aryl methyl sites for hydroxylation is 1. The van der Waals surface area contributed by atoms with Crippen LogP contribution in [0.1, 0.15) is 38.3 Å².